The van der Waals surface area contributed by atoms with Crippen molar-refractivity contribution in [2.24, 2.45) is 11.3 Å². The highest BCUT2D eigenvalue weighted by Crippen LogP contribution is 2.35. The van der Waals surface area contributed by atoms with E-state index in [2.05, 4.69) is 73.1 Å². The topological polar surface area (TPSA) is 103 Å². The Morgan fingerprint density at radius 3 is 2.48 bits per heavy atom. The molecular formula is C32H53N5O4S. The second-order valence-electron chi connectivity index (χ2n) is 14.5. The quantitative estimate of drug-likeness (QED) is 0.483. The van der Waals surface area contributed by atoms with E-state index in [1.165, 1.54) is 16.7 Å². The van der Waals surface area contributed by atoms with Crippen molar-refractivity contribution >= 4 is 15.9 Å². The average molecular weight is 604 g/mol. The molecular weight excluding hydrogens is 550 g/mol. The van der Waals surface area contributed by atoms with Gasteiger partial charge in [-0.3, -0.25) is 20.3 Å². The van der Waals surface area contributed by atoms with Crippen LogP contribution in [0.4, 0.5) is 0 Å². The van der Waals surface area contributed by atoms with Crippen LogP contribution in [0.15, 0.2) is 18.2 Å². The van der Waals surface area contributed by atoms with Crippen LogP contribution >= 0.6 is 0 Å². The molecule has 4 bridgehead atoms. The average Bonchev–Trinajstić information content (AvgIpc) is 2.90. The maximum Gasteiger partial charge on any atom is 0.239 e. The van der Waals surface area contributed by atoms with Gasteiger partial charge in [-0.05, 0) is 80.4 Å². The summed E-state index contributed by atoms with van der Waals surface area (Å²) < 4.78 is 37.3. The number of nitrogens with zero attached hydrogens (tertiary/aromatic N) is 2. The highest BCUT2D eigenvalue weighted by Gasteiger charge is 2.42. The third kappa shape index (κ3) is 7.38. The van der Waals surface area contributed by atoms with Gasteiger partial charge in [0.25, 0.3) is 0 Å². The van der Waals surface area contributed by atoms with Crippen molar-refractivity contribution in [3.8, 4) is 0 Å². The van der Waals surface area contributed by atoms with Crippen LogP contribution in [-0.2, 0) is 19.6 Å². The number of rotatable bonds is 3. The number of likely N-dealkylation sites (N-methyl/N-ethyl adjacent to an activating group) is 1. The molecule has 0 aromatic heterocycles. The summed E-state index contributed by atoms with van der Waals surface area (Å²) >= 11 is 0. The number of hydrogen-bond donors (Lipinski definition) is 3. The molecule has 9 nitrogen and oxygen atoms in total. The van der Waals surface area contributed by atoms with Crippen LogP contribution in [0.3, 0.4) is 0 Å². The maximum atomic E-state index is 13.8. The highest BCUT2D eigenvalue weighted by atomic mass is 32.2. The van der Waals surface area contributed by atoms with Crippen LogP contribution in [0.2, 0.25) is 0 Å². The Kier molecular flexibility index (Phi) is 9.72. The van der Waals surface area contributed by atoms with Crippen molar-refractivity contribution < 1.29 is 17.9 Å². The molecule has 10 heteroatoms. The lowest BCUT2D eigenvalue weighted by Gasteiger charge is -2.45. The fraction of sp³-hybridized carbons (Fsp3) is 0.781. The van der Waals surface area contributed by atoms with E-state index in [9.17, 15) is 13.2 Å². The first-order valence-electron chi connectivity index (χ1n) is 16.0. The summed E-state index contributed by atoms with van der Waals surface area (Å²) in [6, 6.07) is 6.07. The fourth-order valence-electron chi connectivity index (χ4n) is 7.85. The predicted octanol–water partition coefficient (Wildman–Crippen LogP) is 3.77. The molecule has 6 unspecified atom stereocenters. The van der Waals surface area contributed by atoms with Crippen LogP contribution < -0.4 is 15.4 Å². The van der Waals surface area contributed by atoms with Crippen molar-refractivity contribution in [1.82, 2.24) is 25.2 Å². The lowest BCUT2D eigenvalue weighted by Crippen LogP contribution is -2.64. The molecule has 236 valence electrons. The van der Waals surface area contributed by atoms with Gasteiger partial charge in [-0.25, -0.2) is 8.42 Å². The van der Waals surface area contributed by atoms with Gasteiger partial charge in [0, 0.05) is 38.6 Å². The van der Waals surface area contributed by atoms with Crippen LogP contribution in [0.25, 0.3) is 0 Å². The van der Waals surface area contributed by atoms with Crippen LogP contribution in [0.1, 0.15) is 94.9 Å². The minimum Gasteiger partial charge on any atom is -0.362 e. The van der Waals surface area contributed by atoms with E-state index in [4.69, 9.17) is 4.74 Å². The Morgan fingerprint density at radius 2 is 1.76 bits per heavy atom. The Labute approximate surface area is 253 Å². The molecule has 1 amide bonds. The van der Waals surface area contributed by atoms with Gasteiger partial charge in [-0.2, -0.15) is 4.72 Å². The normalized spacial score (nSPS) is 35.1. The van der Waals surface area contributed by atoms with Crippen molar-refractivity contribution in [2.75, 3.05) is 26.7 Å². The second-order valence-corrected chi connectivity index (χ2v) is 16.5. The fourth-order valence-corrected chi connectivity index (χ4v) is 9.51. The number of piperidine rings is 1. The summed E-state index contributed by atoms with van der Waals surface area (Å²) in [4.78, 5) is 17.9. The number of nitrogens with one attached hydrogen (secondary N) is 3. The first-order valence-corrected chi connectivity index (χ1v) is 17.6. The third-order valence-electron chi connectivity index (χ3n) is 9.82. The van der Waals surface area contributed by atoms with Crippen molar-refractivity contribution in [3.63, 3.8) is 0 Å². The molecule has 3 saturated heterocycles. The lowest BCUT2D eigenvalue weighted by molar-refractivity contribution is -0.142. The molecule has 3 heterocycles. The molecule has 5 rings (SSSR count). The third-order valence-corrected chi connectivity index (χ3v) is 11.7. The second kappa shape index (κ2) is 12.8. The van der Waals surface area contributed by atoms with Crippen LogP contribution in [0.5, 0.6) is 0 Å². The number of amides is 1. The van der Waals surface area contributed by atoms with Crippen LogP contribution in [-0.4, -0.2) is 80.7 Å². The van der Waals surface area contributed by atoms with E-state index in [1.54, 1.807) is 0 Å². The largest absolute Gasteiger partial charge is 0.362 e. The first-order chi connectivity index (χ1) is 19.8. The Hall–Kier alpha value is -1.56. The molecule has 7 atom stereocenters. The van der Waals surface area contributed by atoms with E-state index >= 15 is 0 Å². The van der Waals surface area contributed by atoms with E-state index in [0.717, 1.165) is 45.2 Å². The number of sulfonamides is 1. The molecule has 1 aliphatic carbocycles. The molecule has 42 heavy (non-hydrogen) atoms. The first kappa shape index (κ1) is 31.9. The summed E-state index contributed by atoms with van der Waals surface area (Å²) in [6.45, 7) is 13.0. The molecule has 4 fully saturated rings. The van der Waals surface area contributed by atoms with Gasteiger partial charge in [-0.15, -0.1) is 0 Å². The van der Waals surface area contributed by atoms with E-state index in [1.807, 2.05) is 11.9 Å². The number of carbonyl (C=O) groups excluding carboxylic acids is 1. The lowest BCUT2D eigenvalue weighted by atomic mass is 9.84. The summed E-state index contributed by atoms with van der Waals surface area (Å²) in [5.74, 6) is 0.396. The number of fused-ring (bicyclic) bond motifs is 4. The number of hydrogen-bond acceptors (Lipinski definition) is 7. The summed E-state index contributed by atoms with van der Waals surface area (Å²) in [5, 5.41) is 6.54. The van der Waals surface area contributed by atoms with Gasteiger partial charge in [0.05, 0.1) is 17.9 Å². The SMILES string of the molecule is Cc1cccc(C)c1C1CC2NC(N1)NS(=O)(=O)C1CCCC(C1)CN(C1CCCN(C)C1=O)[C@H](CC(C)(C)C)CO2. The highest BCUT2D eigenvalue weighted by molar-refractivity contribution is 7.90. The van der Waals surface area contributed by atoms with Gasteiger partial charge in [0.1, 0.15) is 12.5 Å². The zero-order valence-electron chi connectivity index (χ0n) is 26.5. The number of benzene rings is 1. The van der Waals surface area contributed by atoms with Gasteiger partial charge in [0.2, 0.25) is 15.9 Å². The zero-order chi connectivity index (χ0) is 30.2. The Bertz CT molecular complexity index is 1200. The van der Waals surface area contributed by atoms with E-state index in [0.29, 0.717) is 25.9 Å². The standard InChI is InChI=1S/C32H53N5O4S/c1-21-10-7-11-22(2)29(21)26-17-28-34-31(33-26)35-42(39,40)25-13-8-12-23(16-25)19-37(24(20-41-28)18-32(3,4)5)27-14-9-15-36(6)30(27)38/h7,10-11,23-28,31,33-35H,8-9,12-20H2,1-6H3/t23?,24-,25?,26?,27?,28?,31?/m1/s1. The molecule has 1 aromatic carbocycles. The number of aryl methyl sites for hydroxylation is 2. The smallest absolute Gasteiger partial charge is 0.239 e. The van der Waals surface area contributed by atoms with Gasteiger partial charge in [-0.1, -0.05) is 45.4 Å². The summed E-state index contributed by atoms with van der Waals surface area (Å²) in [7, 11) is -1.69. The molecule has 1 saturated carbocycles. The van der Waals surface area contributed by atoms with E-state index in [-0.39, 0.29) is 41.6 Å². The molecule has 0 spiro atoms. The summed E-state index contributed by atoms with van der Waals surface area (Å²) in [5.41, 5.74) is 3.59. The number of likely N-dealkylation sites (tertiary alicyclic amines) is 1. The minimum absolute atomic E-state index is 0.0364. The molecule has 4 aliphatic rings. The Morgan fingerprint density at radius 1 is 1.02 bits per heavy atom. The maximum absolute atomic E-state index is 13.8. The van der Waals surface area contributed by atoms with Crippen molar-refractivity contribution in [2.45, 2.75) is 122 Å². The molecule has 3 aliphatic heterocycles. The van der Waals surface area contributed by atoms with E-state index < -0.39 is 21.6 Å². The van der Waals surface area contributed by atoms with Crippen molar-refractivity contribution in [1.29, 1.82) is 0 Å². The van der Waals surface area contributed by atoms with Gasteiger partial charge >= 0.3 is 0 Å². The minimum atomic E-state index is -3.60. The van der Waals surface area contributed by atoms with Crippen molar-refractivity contribution in [3.05, 3.63) is 34.9 Å². The molecule has 0 radical (unpaired) electrons. The zero-order valence-corrected chi connectivity index (χ0v) is 27.3. The van der Waals surface area contributed by atoms with Gasteiger partial charge < -0.3 is 9.64 Å². The summed E-state index contributed by atoms with van der Waals surface area (Å²) in [6.07, 6.45) is 5.53. The Balaban J connectivity index is 1.52. The van der Waals surface area contributed by atoms with Gasteiger partial charge in [0.15, 0.2) is 0 Å². The monoisotopic (exact) mass is 603 g/mol. The predicted molar refractivity (Wildman–Crippen MR) is 166 cm³/mol. The number of ether oxygens (including phenoxy) is 1. The van der Waals surface area contributed by atoms with Crippen LogP contribution in [0, 0.1) is 25.2 Å². The number of carbonyl (C=O) groups is 1. The molecule has 1 aromatic rings. The molecule has 3 N–H and O–H groups in total.